The molecule has 0 bridgehead atoms. The van der Waals surface area contributed by atoms with Crippen LogP contribution in [0.15, 0.2) is 109 Å². The average molecular weight is 850 g/mol. The minimum atomic E-state index is -1.49. The number of nitro groups is 1. The van der Waals surface area contributed by atoms with Crippen LogP contribution >= 0.6 is 0 Å². The van der Waals surface area contributed by atoms with Crippen molar-refractivity contribution in [2.24, 2.45) is 22.9 Å². The van der Waals surface area contributed by atoms with Crippen LogP contribution in [0, 0.1) is 27.9 Å². The number of nitro benzene ring substituents is 1. The zero-order chi connectivity index (χ0) is 43.6. The summed E-state index contributed by atoms with van der Waals surface area (Å²) in [6.45, 7) is 8.62. The van der Waals surface area contributed by atoms with Crippen molar-refractivity contribution in [2.75, 3.05) is 40.3 Å². The predicted octanol–water partition coefficient (Wildman–Crippen LogP) is 7.89. The Morgan fingerprint density at radius 1 is 0.968 bits per heavy atom. The third-order valence-electron chi connectivity index (χ3n) is 12.2. The number of carbonyl (C=O) groups is 1. The summed E-state index contributed by atoms with van der Waals surface area (Å²) in [5.41, 5.74) is 3.80. The number of hydrogen-bond donors (Lipinski definition) is 2. The van der Waals surface area contributed by atoms with E-state index in [2.05, 4.69) is 24.4 Å². The second-order valence-electron chi connectivity index (χ2n) is 15.9. The molecule has 6 unspecified atom stereocenters. The maximum atomic E-state index is 15.0. The van der Waals surface area contributed by atoms with Gasteiger partial charge in [-0.05, 0) is 103 Å². The van der Waals surface area contributed by atoms with E-state index in [1.165, 1.54) is 25.3 Å². The highest BCUT2D eigenvalue weighted by molar-refractivity contribution is 6.03. The van der Waals surface area contributed by atoms with E-state index in [1.807, 2.05) is 36.4 Å². The molecular weight excluding hydrogens is 795 g/mol. The van der Waals surface area contributed by atoms with Gasteiger partial charge in [0.05, 0.1) is 23.2 Å². The Labute approximate surface area is 361 Å². The summed E-state index contributed by atoms with van der Waals surface area (Å²) in [5.74, 6) is -0.111. The molecule has 0 saturated heterocycles. The van der Waals surface area contributed by atoms with Crippen molar-refractivity contribution in [1.82, 2.24) is 4.90 Å². The number of aliphatic hydroxyl groups is 2. The zero-order valence-electron chi connectivity index (χ0n) is 35.1. The van der Waals surface area contributed by atoms with E-state index in [4.69, 9.17) is 28.5 Å². The molecule has 1 saturated carbocycles. The summed E-state index contributed by atoms with van der Waals surface area (Å²) in [6, 6.07) is 16.5. The molecule has 0 spiro atoms. The van der Waals surface area contributed by atoms with Crippen molar-refractivity contribution in [3.63, 3.8) is 0 Å². The number of hydrogen-bond acceptors (Lipinski definition) is 12. The number of unbranched alkanes of at least 4 members (excludes halogenated alkanes) is 2. The smallest absolute Gasteiger partial charge is 0.269 e. The monoisotopic (exact) mass is 849 g/mol. The molecule has 2 aliphatic carbocycles. The maximum absolute atomic E-state index is 15.0. The van der Waals surface area contributed by atoms with E-state index in [0.29, 0.717) is 53.7 Å². The fourth-order valence-electron chi connectivity index (χ4n) is 9.55. The van der Waals surface area contributed by atoms with Gasteiger partial charge in [-0.1, -0.05) is 48.9 Å². The summed E-state index contributed by atoms with van der Waals surface area (Å²) >= 11 is 0. The minimum Gasteiger partial charge on any atom is -0.490 e. The molecule has 4 aliphatic rings. The Bertz CT molecular complexity index is 2190. The molecule has 2 heterocycles. The topological polar surface area (TPSA) is 172 Å². The lowest BCUT2D eigenvalue weighted by Gasteiger charge is -2.60. The Morgan fingerprint density at radius 3 is 2.44 bits per heavy atom. The van der Waals surface area contributed by atoms with Crippen LogP contribution < -0.4 is 18.9 Å². The van der Waals surface area contributed by atoms with Gasteiger partial charge >= 0.3 is 0 Å². The SMILES string of the molecule is C=CCOc1ccc2c(c1)C1C(CCCCO)C(CCCCO)C=C3C(=NOC)CC(N(Cc4ccc5c(c4)OCO5)C(=O)C=Cc4ccc([N+](=O)[O-])cc4)C(OCC=C)(O2)C31. The van der Waals surface area contributed by atoms with E-state index in [0.717, 1.165) is 42.4 Å². The first-order chi connectivity index (χ1) is 30.2. The molecule has 1 amide bonds. The molecule has 3 aromatic carbocycles. The number of allylic oxidation sites excluding steroid dienone is 1. The fraction of sp³-hybridized carbons (Fsp3) is 0.417. The molecule has 2 aliphatic heterocycles. The molecule has 7 rings (SSSR count). The van der Waals surface area contributed by atoms with Crippen LogP contribution in [0.5, 0.6) is 23.0 Å². The largest absolute Gasteiger partial charge is 0.490 e. The molecular formula is C48H55N3O11. The van der Waals surface area contributed by atoms with Gasteiger partial charge in [-0.25, -0.2) is 0 Å². The molecule has 0 radical (unpaired) electrons. The molecule has 1 fully saturated rings. The van der Waals surface area contributed by atoms with E-state index >= 15 is 4.79 Å². The van der Waals surface area contributed by atoms with Gasteiger partial charge in [0.1, 0.15) is 31.3 Å². The average Bonchev–Trinajstić information content (AvgIpc) is 3.76. The van der Waals surface area contributed by atoms with Gasteiger partial charge in [0, 0.05) is 55.9 Å². The van der Waals surface area contributed by atoms with E-state index in [1.54, 1.807) is 35.3 Å². The minimum absolute atomic E-state index is 0.0283. The van der Waals surface area contributed by atoms with Crippen molar-refractivity contribution >= 4 is 23.4 Å². The van der Waals surface area contributed by atoms with Gasteiger partial charge < -0.3 is 43.6 Å². The van der Waals surface area contributed by atoms with Gasteiger partial charge in [0.2, 0.25) is 18.5 Å². The van der Waals surface area contributed by atoms with Crippen molar-refractivity contribution in [3.8, 4) is 23.0 Å². The van der Waals surface area contributed by atoms with Crippen LogP contribution in [-0.4, -0.2) is 83.8 Å². The highest BCUT2D eigenvalue weighted by atomic mass is 16.7. The lowest BCUT2D eigenvalue weighted by Crippen LogP contribution is -2.70. The van der Waals surface area contributed by atoms with Gasteiger partial charge in [0.15, 0.2) is 11.5 Å². The molecule has 3 aromatic rings. The number of oxime groups is 1. The van der Waals surface area contributed by atoms with Crippen molar-refractivity contribution < 1.29 is 48.5 Å². The molecule has 0 aromatic heterocycles. The van der Waals surface area contributed by atoms with E-state index < -0.39 is 22.7 Å². The van der Waals surface area contributed by atoms with Crippen LogP contribution in [0.3, 0.4) is 0 Å². The van der Waals surface area contributed by atoms with E-state index in [9.17, 15) is 20.3 Å². The van der Waals surface area contributed by atoms with Crippen molar-refractivity contribution in [1.29, 1.82) is 0 Å². The summed E-state index contributed by atoms with van der Waals surface area (Å²) < 4.78 is 31.9. The Kier molecular flexibility index (Phi) is 14.4. The number of benzene rings is 3. The van der Waals surface area contributed by atoms with Crippen molar-refractivity contribution in [3.05, 3.63) is 131 Å². The summed E-state index contributed by atoms with van der Waals surface area (Å²) in [4.78, 5) is 33.3. The lowest BCUT2D eigenvalue weighted by atomic mass is 9.55. The number of rotatable bonds is 21. The third-order valence-corrected chi connectivity index (χ3v) is 12.2. The van der Waals surface area contributed by atoms with Crippen LogP contribution in [0.4, 0.5) is 5.69 Å². The Hall–Kier alpha value is -5.96. The molecule has 328 valence electrons. The third kappa shape index (κ3) is 9.27. The molecule has 62 heavy (non-hydrogen) atoms. The molecule has 2 N–H and O–H groups in total. The first kappa shape index (κ1) is 44.1. The Balaban J connectivity index is 1.43. The summed E-state index contributed by atoms with van der Waals surface area (Å²) in [7, 11) is 1.51. The quantitative estimate of drug-likeness (QED) is 0.0351. The maximum Gasteiger partial charge on any atom is 0.269 e. The second kappa shape index (κ2) is 20.3. The van der Waals surface area contributed by atoms with Gasteiger partial charge in [-0.3, -0.25) is 14.9 Å². The number of carbonyl (C=O) groups excluding carboxylic acids is 1. The van der Waals surface area contributed by atoms with Gasteiger partial charge in [0.25, 0.3) is 5.69 Å². The lowest BCUT2D eigenvalue weighted by molar-refractivity contribution is -0.384. The Morgan fingerprint density at radius 2 is 1.71 bits per heavy atom. The van der Waals surface area contributed by atoms with Gasteiger partial charge in [-0.2, -0.15) is 0 Å². The van der Waals surface area contributed by atoms with Crippen LogP contribution in [0.2, 0.25) is 0 Å². The first-order valence-corrected chi connectivity index (χ1v) is 21.2. The summed E-state index contributed by atoms with van der Waals surface area (Å²) in [5, 5.41) is 35.8. The van der Waals surface area contributed by atoms with E-state index in [-0.39, 0.29) is 68.9 Å². The number of nitrogens with zero attached hydrogens (tertiary/aromatic N) is 3. The first-order valence-electron chi connectivity index (χ1n) is 21.2. The number of non-ortho nitro benzene ring substituents is 1. The zero-order valence-corrected chi connectivity index (χ0v) is 35.1. The molecule has 14 nitrogen and oxygen atoms in total. The molecule has 14 heteroatoms. The summed E-state index contributed by atoms with van der Waals surface area (Å²) in [6.07, 6.45) is 13.4. The van der Waals surface area contributed by atoms with Gasteiger partial charge in [-0.15, -0.1) is 6.58 Å². The standard InChI is InChI=1S/C48H55N3O11/c1-4-24-58-36-18-20-41-39(28-36)46-37(11-7-9-23-53)34(10-6-8-22-52)27-38-40(49-57-3)29-44(48(62-41,47(38)46)61-25-5-2)50(30-33-14-19-42-43(26-33)60-31-59-42)45(54)21-15-32-12-16-35(17-13-32)51(55)56/h4-5,12-21,26-28,34,37,44,46-47,52-53H,1-2,6-11,22-25,29-31H2,3H3. The van der Waals surface area contributed by atoms with Crippen molar-refractivity contribution in [2.45, 2.75) is 69.2 Å². The fourth-order valence-corrected chi connectivity index (χ4v) is 9.55. The number of fused-ring (bicyclic) bond motifs is 3. The normalized spacial score (nSPS) is 23.8. The van der Waals surface area contributed by atoms with Crippen LogP contribution in [-0.2, 0) is 20.9 Å². The van der Waals surface area contributed by atoms with Crippen LogP contribution in [0.25, 0.3) is 6.08 Å². The highest BCUT2D eigenvalue weighted by Crippen LogP contribution is 2.62. The number of ether oxygens (including phenoxy) is 5. The van der Waals surface area contributed by atoms with Crippen LogP contribution in [0.1, 0.15) is 67.6 Å². The highest BCUT2D eigenvalue weighted by Gasteiger charge is 2.65. The molecule has 6 atom stereocenters. The number of amides is 1. The number of aliphatic hydroxyl groups excluding tert-OH is 2. The second-order valence-corrected chi connectivity index (χ2v) is 15.9. The predicted molar refractivity (Wildman–Crippen MR) is 233 cm³/mol.